The summed E-state index contributed by atoms with van der Waals surface area (Å²) in [7, 11) is 0. The molecule has 0 amide bonds. The first kappa shape index (κ1) is 24.6. The highest BCUT2D eigenvalue weighted by Crippen LogP contribution is 2.27. The predicted octanol–water partition coefficient (Wildman–Crippen LogP) is 3.27. The van der Waals surface area contributed by atoms with Crippen LogP contribution in [0.15, 0.2) is 72.8 Å². The second kappa shape index (κ2) is 10.8. The van der Waals surface area contributed by atoms with Crippen LogP contribution in [0, 0.1) is 0 Å². The highest BCUT2D eigenvalue weighted by molar-refractivity contribution is 5.72. The number of hydrogen-bond donors (Lipinski definition) is 3. The molecule has 0 atom stereocenters. The van der Waals surface area contributed by atoms with Gasteiger partial charge in [-0.1, -0.05) is 36.4 Å². The van der Waals surface area contributed by atoms with E-state index in [-0.39, 0.29) is 19.3 Å². The molecule has 3 N–H and O–H groups in total. The highest BCUT2D eigenvalue weighted by atomic mass is 16.4. The Balaban J connectivity index is 1.59. The lowest BCUT2D eigenvalue weighted by atomic mass is 10.1. The van der Waals surface area contributed by atoms with Crippen LogP contribution in [0.25, 0.3) is 0 Å². The molecule has 0 aromatic heterocycles. The van der Waals surface area contributed by atoms with Crippen molar-refractivity contribution < 1.29 is 29.7 Å². The fraction of sp³-hybridized carbons (Fsp3) is 0.222. The zero-order valence-corrected chi connectivity index (χ0v) is 19.6. The molecule has 3 aromatic carbocycles. The summed E-state index contributed by atoms with van der Waals surface area (Å²) in [5.74, 6) is -2.64. The summed E-state index contributed by atoms with van der Waals surface area (Å²) >= 11 is 0. The van der Waals surface area contributed by atoms with Gasteiger partial charge in [0.05, 0.1) is 39.3 Å². The molecule has 4 rings (SSSR count). The Morgan fingerprint density at radius 2 is 0.694 bits per heavy atom. The lowest BCUT2D eigenvalue weighted by Gasteiger charge is -2.45. The Labute approximate surface area is 208 Å². The van der Waals surface area contributed by atoms with E-state index in [0.717, 1.165) is 33.8 Å². The van der Waals surface area contributed by atoms with Crippen molar-refractivity contribution in [2.24, 2.45) is 0 Å². The number of rotatable bonds is 9. The smallest absolute Gasteiger partial charge is 0.307 e. The molecule has 1 fully saturated rings. The molecule has 9 nitrogen and oxygen atoms in total. The lowest BCUT2D eigenvalue weighted by molar-refractivity contribution is -0.137. The first-order chi connectivity index (χ1) is 17.3. The Hall–Kier alpha value is -4.53. The van der Waals surface area contributed by atoms with E-state index in [1.165, 1.54) is 0 Å². The van der Waals surface area contributed by atoms with Crippen LogP contribution in [0.3, 0.4) is 0 Å². The molecule has 0 bridgehead atoms. The zero-order chi connectivity index (χ0) is 25.7. The van der Waals surface area contributed by atoms with Crippen molar-refractivity contribution in [2.75, 3.05) is 34.7 Å². The lowest BCUT2D eigenvalue weighted by Crippen LogP contribution is -2.55. The standard InChI is InChI=1S/C27H27N3O6/c31-25(32)13-19-1-7-22(8-2-19)28-16-29(23-9-3-20(4-10-23)14-26(33)34)18-30(17-28)24-11-5-21(6-12-24)15-27(35)36/h1-12H,13-18H2,(H,31,32)(H,33,34)(H,35,36). The predicted molar refractivity (Wildman–Crippen MR) is 135 cm³/mol. The van der Waals surface area contributed by atoms with Gasteiger partial charge in [-0.25, -0.2) is 0 Å². The molecule has 1 aliphatic rings. The molecule has 1 aliphatic heterocycles. The maximum atomic E-state index is 11.0. The number of benzene rings is 3. The van der Waals surface area contributed by atoms with Crippen molar-refractivity contribution in [2.45, 2.75) is 19.3 Å². The van der Waals surface area contributed by atoms with Gasteiger partial charge in [0.2, 0.25) is 0 Å². The fourth-order valence-electron chi connectivity index (χ4n) is 4.24. The summed E-state index contributed by atoms with van der Waals surface area (Å²) in [6, 6.07) is 22.3. The van der Waals surface area contributed by atoms with E-state index in [0.29, 0.717) is 20.0 Å². The molecule has 0 unspecified atom stereocenters. The average Bonchev–Trinajstić information content (AvgIpc) is 2.84. The van der Waals surface area contributed by atoms with Gasteiger partial charge in [-0.15, -0.1) is 0 Å². The number of carboxylic acid groups (broad SMARTS) is 3. The third-order valence-electron chi connectivity index (χ3n) is 5.99. The van der Waals surface area contributed by atoms with Gasteiger partial charge in [-0.2, -0.15) is 0 Å². The molecular weight excluding hydrogens is 462 g/mol. The number of nitrogens with zero attached hydrogens (tertiary/aromatic N) is 3. The van der Waals surface area contributed by atoms with Crippen LogP contribution < -0.4 is 14.7 Å². The summed E-state index contributed by atoms with van der Waals surface area (Å²) in [6.45, 7) is 1.72. The van der Waals surface area contributed by atoms with Crippen molar-refractivity contribution in [1.29, 1.82) is 0 Å². The molecule has 0 radical (unpaired) electrons. The van der Waals surface area contributed by atoms with Gasteiger partial charge < -0.3 is 30.0 Å². The van der Waals surface area contributed by atoms with Gasteiger partial charge in [0.15, 0.2) is 0 Å². The maximum Gasteiger partial charge on any atom is 0.307 e. The van der Waals surface area contributed by atoms with Gasteiger partial charge in [0, 0.05) is 17.1 Å². The summed E-state index contributed by atoms with van der Waals surface area (Å²) in [5.41, 5.74) is 4.97. The van der Waals surface area contributed by atoms with Crippen molar-refractivity contribution in [3.8, 4) is 0 Å². The van der Waals surface area contributed by atoms with Crippen molar-refractivity contribution in [1.82, 2.24) is 0 Å². The average molecular weight is 490 g/mol. The van der Waals surface area contributed by atoms with E-state index in [1.807, 2.05) is 72.8 Å². The van der Waals surface area contributed by atoms with Crippen LogP contribution in [-0.4, -0.2) is 53.2 Å². The molecule has 186 valence electrons. The van der Waals surface area contributed by atoms with Crippen LogP contribution >= 0.6 is 0 Å². The van der Waals surface area contributed by atoms with E-state index < -0.39 is 17.9 Å². The zero-order valence-electron chi connectivity index (χ0n) is 19.6. The Morgan fingerprint density at radius 1 is 0.472 bits per heavy atom. The van der Waals surface area contributed by atoms with Crippen molar-refractivity contribution in [3.63, 3.8) is 0 Å². The number of anilines is 3. The summed E-state index contributed by atoms with van der Waals surface area (Å²) in [5, 5.41) is 27.2. The third kappa shape index (κ3) is 6.32. The topological polar surface area (TPSA) is 122 Å². The fourth-order valence-corrected chi connectivity index (χ4v) is 4.24. The number of hydrogen-bond acceptors (Lipinski definition) is 6. The van der Waals surface area contributed by atoms with Crippen LogP contribution in [0.5, 0.6) is 0 Å². The Kier molecular flexibility index (Phi) is 7.39. The van der Waals surface area contributed by atoms with Gasteiger partial charge >= 0.3 is 17.9 Å². The second-order valence-electron chi connectivity index (χ2n) is 8.75. The molecule has 3 aromatic rings. The monoisotopic (exact) mass is 489 g/mol. The maximum absolute atomic E-state index is 11.0. The summed E-state index contributed by atoms with van der Waals surface area (Å²) < 4.78 is 0. The van der Waals surface area contributed by atoms with E-state index in [9.17, 15) is 14.4 Å². The van der Waals surface area contributed by atoms with Gasteiger partial charge in [0.1, 0.15) is 0 Å². The minimum Gasteiger partial charge on any atom is -0.481 e. The van der Waals surface area contributed by atoms with Gasteiger partial charge in [0.25, 0.3) is 0 Å². The van der Waals surface area contributed by atoms with E-state index in [4.69, 9.17) is 15.3 Å². The molecule has 0 spiro atoms. The minimum absolute atomic E-state index is 0.0378. The SMILES string of the molecule is O=C(O)Cc1ccc(N2CN(c3ccc(CC(=O)O)cc3)CN(c3ccc(CC(=O)O)cc3)C2)cc1. The normalized spacial score (nSPS) is 13.5. The van der Waals surface area contributed by atoms with Gasteiger partial charge in [-0.05, 0) is 53.1 Å². The largest absolute Gasteiger partial charge is 0.481 e. The molecular formula is C27H27N3O6. The molecule has 1 saturated heterocycles. The first-order valence-corrected chi connectivity index (χ1v) is 11.4. The summed E-state index contributed by atoms with van der Waals surface area (Å²) in [4.78, 5) is 39.6. The van der Waals surface area contributed by atoms with Crippen molar-refractivity contribution in [3.05, 3.63) is 89.5 Å². The van der Waals surface area contributed by atoms with Crippen LogP contribution in [0.4, 0.5) is 17.1 Å². The van der Waals surface area contributed by atoms with E-state index in [1.54, 1.807) is 0 Å². The second-order valence-corrected chi connectivity index (χ2v) is 8.75. The van der Waals surface area contributed by atoms with E-state index >= 15 is 0 Å². The van der Waals surface area contributed by atoms with Crippen LogP contribution in [-0.2, 0) is 33.6 Å². The Morgan fingerprint density at radius 3 is 0.889 bits per heavy atom. The van der Waals surface area contributed by atoms with Crippen LogP contribution in [0.1, 0.15) is 16.7 Å². The first-order valence-electron chi connectivity index (χ1n) is 11.4. The minimum atomic E-state index is -0.879. The van der Waals surface area contributed by atoms with Gasteiger partial charge in [-0.3, -0.25) is 14.4 Å². The third-order valence-corrected chi connectivity index (χ3v) is 5.99. The number of aliphatic carboxylic acids is 3. The highest BCUT2D eigenvalue weighted by Gasteiger charge is 2.24. The molecule has 0 saturated carbocycles. The van der Waals surface area contributed by atoms with E-state index in [2.05, 4.69) is 14.7 Å². The molecule has 1 heterocycles. The Bertz CT molecular complexity index is 1060. The molecule has 0 aliphatic carbocycles. The quantitative estimate of drug-likeness (QED) is 0.416. The number of carbonyl (C=O) groups is 3. The molecule has 9 heteroatoms. The summed E-state index contributed by atoms with van der Waals surface area (Å²) in [6.07, 6.45) is -0.113. The molecule has 36 heavy (non-hydrogen) atoms. The number of carboxylic acids is 3. The van der Waals surface area contributed by atoms with Crippen LogP contribution in [0.2, 0.25) is 0 Å². The van der Waals surface area contributed by atoms with Crippen molar-refractivity contribution >= 4 is 35.0 Å².